The van der Waals surface area contributed by atoms with Gasteiger partial charge in [0.2, 0.25) is 5.28 Å². The van der Waals surface area contributed by atoms with Crippen LogP contribution in [0.5, 0.6) is 0 Å². The Bertz CT molecular complexity index is 2110. The van der Waals surface area contributed by atoms with E-state index in [1.54, 1.807) is 34.9 Å². The van der Waals surface area contributed by atoms with Gasteiger partial charge in [0.25, 0.3) is 5.91 Å². The van der Waals surface area contributed by atoms with Crippen LogP contribution in [-0.2, 0) is 14.4 Å². The number of oxime groups is 1. The number of aromatic nitrogens is 2. The predicted molar refractivity (Wildman–Crippen MR) is 185 cm³/mol. The van der Waals surface area contributed by atoms with Crippen LogP contribution in [0.2, 0.25) is 10.3 Å². The standard InChI is InChI=1S/C33H31Cl2F2N7O4S/c1-32(2,3)47-31(46)41-28-18(15-38)22-16(7-8-20(36)26(22)49-28)23-19(34)13-17-25(24(23)37)39-30(35)40-27(17)44-11-6-9-33(10-12-44)14-21(42-48-33)29(45)43(4)5/h7-8,13H,6,9-12,14H2,1-5H3,(H,41,46). The Balaban J connectivity index is 1.39. The van der Waals surface area contributed by atoms with Gasteiger partial charge >= 0.3 is 6.09 Å². The molecule has 2 aliphatic heterocycles. The van der Waals surface area contributed by atoms with E-state index in [1.165, 1.54) is 17.0 Å². The number of rotatable bonds is 4. The van der Waals surface area contributed by atoms with E-state index < -0.39 is 28.9 Å². The Morgan fingerprint density at radius 1 is 1.18 bits per heavy atom. The van der Waals surface area contributed by atoms with Crippen molar-refractivity contribution in [3.63, 3.8) is 0 Å². The Kier molecular flexibility index (Phi) is 9.06. The second-order valence-corrected chi connectivity index (χ2v) is 14.9. The molecule has 1 atom stereocenters. The SMILES string of the molecule is CN(C)C(=O)C1=NOC2(CCCN(c3nc(Cl)nc4c(F)c(-c5ccc(F)c6sc(NC(=O)OC(C)(C)C)c(C#N)c56)c(Cl)cc34)CC2)C1. The van der Waals surface area contributed by atoms with Crippen molar-refractivity contribution in [3.8, 4) is 17.2 Å². The van der Waals surface area contributed by atoms with Crippen molar-refractivity contribution in [2.24, 2.45) is 5.16 Å². The third-order valence-corrected chi connectivity index (χ3v) is 9.89. The average Bonchev–Trinajstić information content (AvgIpc) is 3.53. The minimum Gasteiger partial charge on any atom is -0.444 e. The normalized spacial score (nSPS) is 17.9. The van der Waals surface area contributed by atoms with E-state index in [0.29, 0.717) is 55.7 Å². The average molecular weight is 731 g/mol. The molecule has 2 amide bonds. The zero-order valence-electron chi connectivity index (χ0n) is 27.2. The van der Waals surface area contributed by atoms with Gasteiger partial charge in [-0.05, 0) is 62.9 Å². The number of anilines is 2. The molecule has 1 fully saturated rings. The topological polar surface area (TPSA) is 133 Å². The second-order valence-electron chi connectivity index (χ2n) is 13.1. The minimum absolute atomic E-state index is 0.0177. The molecule has 0 aliphatic carbocycles. The third kappa shape index (κ3) is 6.54. The largest absolute Gasteiger partial charge is 0.444 e. The number of hydrogen-bond donors (Lipinski definition) is 1. The Morgan fingerprint density at radius 3 is 2.63 bits per heavy atom. The van der Waals surface area contributed by atoms with Gasteiger partial charge in [0, 0.05) is 56.4 Å². The summed E-state index contributed by atoms with van der Waals surface area (Å²) in [5.74, 6) is -1.35. The van der Waals surface area contributed by atoms with Gasteiger partial charge in [-0.25, -0.2) is 18.6 Å². The number of ether oxygens (including phenoxy) is 1. The predicted octanol–water partition coefficient (Wildman–Crippen LogP) is 7.91. The molecule has 1 N–H and O–H groups in total. The van der Waals surface area contributed by atoms with E-state index in [-0.39, 0.29) is 53.5 Å². The Hall–Kier alpha value is -4.32. The lowest BCUT2D eigenvalue weighted by atomic mass is 9.89. The highest BCUT2D eigenvalue weighted by Gasteiger charge is 2.43. The zero-order valence-corrected chi connectivity index (χ0v) is 29.5. The van der Waals surface area contributed by atoms with Crippen LogP contribution in [0, 0.1) is 23.0 Å². The van der Waals surface area contributed by atoms with Crippen molar-refractivity contribution in [1.29, 1.82) is 5.26 Å². The first-order chi connectivity index (χ1) is 23.1. The molecule has 2 aromatic carbocycles. The summed E-state index contributed by atoms with van der Waals surface area (Å²) >= 11 is 14.0. The van der Waals surface area contributed by atoms with Gasteiger partial charge < -0.3 is 19.4 Å². The highest BCUT2D eigenvalue weighted by Crippen LogP contribution is 2.47. The quantitative estimate of drug-likeness (QED) is 0.210. The van der Waals surface area contributed by atoms with Crippen molar-refractivity contribution in [2.75, 3.05) is 37.4 Å². The summed E-state index contributed by atoms with van der Waals surface area (Å²) in [7, 11) is 3.32. The van der Waals surface area contributed by atoms with Crippen LogP contribution in [0.1, 0.15) is 52.0 Å². The molecule has 4 heterocycles. The number of fused-ring (bicyclic) bond motifs is 2. The molecule has 11 nitrogen and oxygen atoms in total. The molecule has 0 bridgehead atoms. The number of nitriles is 1. The van der Waals surface area contributed by atoms with Crippen LogP contribution in [0.3, 0.4) is 0 Å². The van der Waals surface area contributed by atoms with Crippen molar-refractivity contribution in [2.45, 2.75) is 57.7 Å². The summed E-state index contributed by atoms with van der Waals surface area (Å²) in [6, 6.07) is 6.02. The molecule has 6 rings (SSSR count). The van der Waals surface area contributed by atoms with Gasteiger partial charge in [0.1, 0.15) is 45.1 Å². The van der Waals surface area contributed by atoms with Crippen LogP contribution < -0.4 is 10.2 Å². The molecule has 2 aromatic heterocycles. The monoisotopic (exact) mass is 729 g/mol. The van der Waals surface area contributed by atoms with Crippen LogP contribution in [-0.4, -0.2) is 71.0 Å². The first-order valence-corrected chi connectivity index (χ1v) is 16.9. The number of amides is 2. The van der Waals surface area contributed by atoms with Crippen LogP contribution in [0.15, 0.2) is 23.4 Å². The number of hydrogen-bond acceptors (Lipinski definition) is 10. The summed E-state index contributed by atoms with van der Waals surface area (Å²) in [6.07, 6.45) is 1.36. The summed E-state index contributed by atoms with van der Waals surface area (Å²) in [4.78, 5) is 43.0. The smallest absolute Gasteiger partial charge is 0.412 e. The molecule has 49 heavy (non-hydrogen) atoms. The maximum atomic E-state index is 16.7. The van der Waals surface area contributed by atoms with Crippen LogP contribution >= 0.6 is 34.5 Å². The minimum atomic E-state index is -0.844. The first kappa shape index (κ1) is 34.5. The lowest BCUT2D eigenvalue weighted by molar-refractivity contribution is -0.121. The molecule has 256 valence electrons. The van der Waals surface area contributed by atoms with Crippen LogP contribution in [0.25, 0.3) is 32.1 Å². The fourth-order valence-corrected chi connectivity index (χ4v) is 7.68. The third-order valence-electron chi connectivity index (χ3n) is 8.31. The van der Waals surface area contributed by atoms with Gasteiger partial charge in [-0.15, -0.1) is 11.3 Å². The fourth-order valence-electron chi connectivity index (χ4n) is 6.15. The first-order valence-electron chi connectivity index (χ1n) is 15.3. The number of nitrogens with zero attached hydrogens (tertiary/aromatic N) is 6. The Morgan fingerprint density at radius 2 is 1.94 bits per heavy atom. The fraction of sp³-hybridized carbons (Fsp3) is 0.394. The molecule has 16 heteroatoms. The van der Waals surface area contributed by atoms with E-state index in [1.807, 2.05) is 11.0 Å². The van der Waals surface area contributed by atoms with Crippen molar-refractivity contribution in [3.05, 3.63) is 45.7 Å². The van der Waals surface area contributed by atoms with Crippen molar-refractivity contribution in [1.82, 2.24) is 14.9 Å². The van der Waals surface area contributed by atoms with Crippen molar-refractivity contribution < 1.29 is 27.9 Å². The van der Waals surface area contributed by atoms with E-state index >= 15 is 8.78 Å². The van der Waals surface area contributed by atoms with Crippen molar-refractivity contribution >= 4 is 84.1 Å². The summed E-state index contributed by atoms with van der Waals surface area (Å²) in [6.45, 7) is 6.01. The second kappa shape index (κ2) is 12.9. The van der Waals surface area contributed by atoms with Gasteiger partial charge in [-0.3, -0.25) is 10.1 Å². The molecule has 0 radical (unpaired) electrons. The number of nitrogens with one attached hydrogen (secondary N) is 1. The number of thiophene rings is 1. The highest BCUT2D eigenvalue weighted by molar-refractivity contribution is 7.23. The highest BCUT2D eigenvalue weighted by atomic mass is 35.5. The lowest BCUT2D eigenvalue weighted by Crippen LogP contribution is -2.35. The number of carbonyl (C=O) groups is 2. The molecular weight excluding hydrogens is 699 g/mol. The number of halogens is 4. The van der Waals surface area contributed by atoms with Crippen LogP contribution in [0.4, 0.5) is 24.4 Å². The molecule has 2 aliphatic rings. The number of carbonyl (C=O) groups excluding carboxylic acids is 2. The molecule has 1 saturated heterocycles. The van der Waals surface area contributed by atoms with Gasteiger partial charge in [-0.1, -0.05) is 22.8 Å². The molecule has 1 spiro atoms. The van der Waals surface area contributed by atoms with E-state index in [0.717, 1.165) is 17.4 Å². The Labute approximate surface area is 294 Å². The maximum Gasteiger partial charge on any atom is 0.412 e. The summed E-state index contributed by atoms with van der Waals surface area (Å²) in [5, 5.41) is 16.9. The lowest BCUT2D eigenvalue weighted by Gasteiger charge is -2.26. The van der Waals surface area contributed by atoms with Gasteiger partial charge in [0.05, 0.1) is 15.3 Å². The van der Waals surface area contributed by atoms with Gasteiger partial charge in [-0.2, -0.15) is 10.2 Å². The summed E-state index contributed by atoms with van der Waals surface area (Å²) in [5.41, 5.74) is -1.30. The maximum absolute atomic E-state index is 16.7. The zero-order chi connectivity index (χ0) is 35.4. The van der Waals surface area contributed by atoms with Gasteiger partial charge in [0.15, 0.2) is 5.82 Å². The molecule has 0 saturated carbocycles. The van der Waals surface area contributed by atoms with E-state index in [9.17, 15) is 14.9 Å². The van der Waals surface area contributed by atoms with E-state index in [2.05, 4.69) is 20.4 Å². The molecule has 1 unspecified atom stereocenters. The number of benzene rings is 2. The summed E-state index contributed by atoms with van der Waals surface area (Å²) < 4.78 is 37.2. The molecular formula is C33H31Cl2F2N7O4S. The molecule has 4 aromatic rings. The van der Waals surface area contributed by atoms with E-state index in [4.69, 9.17) is 32.8 Å².